The first-order valence-electron chi connectivity index (χ1n) is 8.91. The maximum atomic E-state index is 12.7. The number of hydrogen-bond acceptors (Lipinski definition) is 8. The SMILES string of the molecule is COc1cc(N(CC(=O)Nc2nnc(-c3ccc(Cl)cc3)s2)S(C)(=O)=O)c(OC)cc1Cl. The summed E-state index contributed by atoms with van der Waals surface area (Å²) in [6, 6.07) is 9.79. The maximum Gasteiger partial charge on any atom is 0.246 e. The fourth-order valence-electron chi connectivity index (χ4n) is 2.69. The normalized spacial score (nSPS) is 11.2. The third-order valence-electron chi connectivity index (χ3n) is 4.17. The van der Waals surface area contributed by atoms with E-state index in [2.05, 4.69) is 15.5 Å². The number of rotatable bonds is 8. The maximum absolute atomic E-state index is 12.7. The highest BCUT2D eigenvalue weighted by Gasteiger charge is 2.26. The highest BCUT2D eigenvalue weighted by molar-refractivity contribution is 7.92. The van der Waals surface area contributed by atoms with Gasteiger partial charge in [-0.3, -0.25) is 14.4 Å². The second-order valence-corrected chi connectivity index (χ2v) is 10.1. The van der Waals surface area contributed by atoms with Crippen LogP contribution in [0.1, 0.15) is 0 Å². The number of aromatic nitrogens is 2. The number of nitrogens with one attached hydrogen (secondary N) is 1. The Labute approximate surface area is 198 Å². The molecule has 0 radical (unpaired) electrons. The smallest absolute Gasteiger partial charge is 0.246 e. The van der Waals surface area contributed by atoms with Crippen LogP contribution in [-0.2, 0) is 14.8 Å². The van der Waals surface area contributed by atoms with Crippen molar-refractivity contribution in [3.8, 4) is 22.1 Å². The first-order valence-corrected chi connectivity index (χ1v) is 12.3. The largest absolute Gasteiger partial charge is 0.495 e. The van der Waals surface area contributed by atoms with Crippen molar-refractivity contribution >= 4 is 61.3 Å². The Balaban J connectivity index is 1.84. The molecule has 170 valence electrons. The first kappa shape index (κ1) is 24.1. The zero-order valence-electron chi connectivity index (χ0n) is 17.1. The summed E-state index contributed by atoms with van der Waals surface area (Å²) in [6.07, 6.45) is 0.977. The fourth-order valence-corrected chi connectivity index (χ4v) is 4.67. The van der Waals surface area contributed by atoms with Gasteiger partial charge < -0.3 is 9.47 Å². The van der Waals surface area contributed by atoms with Gasteiger partial charge in [0, 0.05) is 22.7 Å². The van der Waals surface area contributed by atoms with Gasteiger partial charge in [0.1, 0.15) is 23.1 Å². The van der Waals surface area contributed by atoms with E-state index in [4.69, 9.17) is 32.7 Å². The van der Waals surface area contributed by atoms with Crippen molar-refractivity contribution in [2.24, 2.45) is 0 Å². The van der Waals surface area contributed by atoms with Crippen LogP contribution in [0.25, 0.3) is 10.6 Å². The minimum absolute atomic E-state index is 0.102. The zero-order valence-corrected chi connectivity index (χ0v) is 20.3. The Bertz CT molecular complexity index is 1230. The zero-order chi connectivity index (χ0) is 23.5. The number of amides is 1. The minimum Gasteiger partial charge on any atom is -0.495 e. The van der Waals surface area contributed by atoms with Crippen molar-refractivity contribution in [2.45, 2.75) is 0 Å². The molecule has 1 aromatic heterocycles. The van der Waals surface area contributed by atoms with Gasteiger partial charge in [-0.05, 0) is 12.1 Å². The molecule has 0 saturated carbocycles. The highest BCUT2D eigenvalue weighted by atomic mass is 35.5. The summed E-state index contributed by atoms with van der Waals surface area (Å²) >= 11 is 13.1. The van der Waals surface area contributed by atoms with Gasteiger partial charge in [-0.15, -0.1) is 10.2 Å². The van der Waals surface area contributed by atoms with Crippen LogP contribution in [0.2, 0.25) is 10.0 Å². The Kier molecular flexibility index (Phi) is 7.44. The number of carbonyl (C=O) groups excluding carboxylic acids is 1. The predicted molar refractivity (Wildman–Crippen MR) is 126 cm³/mol. The van der Waals surface area contributed by atoms with Gasteiger partial charge in [0.25, 0.3) is 0 Å². The van der Waals surface area contributed by atoms with Crippen LogP contribution in [-0.4, -0.2) is 51.5 Å². The molecule has 3 rings (SSSR count). The molecule has 3 aromatic rings. The van der Waals surface area contributed by atoms with Crippen LogP contribution in [0.15, 0.2) is 36.4 Å². The molecule has 0 saturated heterocycles. The Morgan fingerprint density at radius 3 is 2.34 bits per heavy atom. The number of carbonyl (C=O) groups is 1. The van der Waals surface area contributed by atoms with Gasteiger partial charge in [0.15, 0.2) is 0 Å². The monoisotopic (exact) mass is 516 g/mol. The molecule has 0 atom stereocenters. The molecule has 9 nitrogen and oxygen atoms in total. The quantitative estimate of drug-likeness (QED) is 0.482. The van der Waals surface area contributed by atoms with Crippen molar-refractivity contribution in [3.63, 3.8) is 0 Å². The standard InChI is InChI=1S/C19H18Cl2N4O5S2/c1-29-15-9-14(16(30-2)8-13(15)21)25(32(3,27)28)10-17(26)22-19-24-23-18(31-19)11-4-6-12(20)7-5-11/h4-9H,10H2,1-3H3,(H,22,24,26). The van der Waals surface area contributed by atoms with E-state index in [0.717, 1.165) is 27.5 Å². The summed E-state index contributed by atoms with van der Waals surface area (Å²) in [6.45, 7) is -0.532. The predicted octanol–water partition coefficient (Wildman–Crippen LogP) is 3.93. The van der Waals surface area contributed by atoms with E-state index in [1.54, 1.807) is 24.3 Å². The lowest BCUT2D eigenvalue weighted by atomic mass is 10.2. The Morgan fingerprint density at radius 1 is 1.09 bits per heavy atom. The lowest BCUT2D eigenvalue weighted by Gasteiger charge is -2.24. The molecule has 2 aromatic carbocycles. The molecule has 0 spiro atoms. The number of nitrogens with zero attached hydrogens (tertiary/aromatic N) is 3. The van der Waals surface area contributed by atoms with E-state index in [0.29, 0.717) is 10.0 Å². The number of benzene rings is 2. The van der Waals surface area contributed by atoms with Gasteiger partial charge >= 0.3 is 0 Å². The van der Waals surface area contributed by atoms with Gasteiger partial charge in [0.05, 0.1) is 31.2 Å². The summed E-state index contributed by atoms with van der Waals surface area (Å²) in [7, 11) is -1.11. The van der Waals surface area contributed by atoms with Crippen LogP contribution >= 0.6 is 34.5 Å². The van der Waals surface area contributed by atoms with Gasteiger partial charge in [0.2, 0.25) is 21.1 Å². The third kappa shape index (κ3) is 5.60. The Hall–Kier alpha value is -2.60. The summed E-state index contributed by atoms with van der Waals surface area (Å²) in [5, 5.41) is 12.2. The number of halogens is 2. The molecule has 1 amide bonds. The van der Waals surface area contributed by atoms with E-state index in [1.165, 1.54) is 26.4 Å². The van der Waals surface area contributed by atoms with Crippen molar-refractivity contribution in [1.82, 2.24) is 10.2 Å². The van der Waals surface area contributed by atoms with Crippen molar-refractivity contribution in [3.05, 3.63) is 46.4 Å². The van der Waals surface area contributed by atoms with Crippen LogP contribution < -0.4 is 19.1 Å². The molecular weight excluding hydrogens is 499 g/mol. The molecule has 1 N–H and O–H groups in total. The van der Waals surface area contributed by atoms with Crippen molar-refractivity contribution in [1.29, 1.82) is 0 Å². The van der Waals surface area contributed by atoms with Gasteiger partial charge in [-0.1, -0.05) is 46.7 Å². The second-order valence-electron chi connectivity index (χ2n) is 6.40. The number of ether oxygens (including phenoxy) is 2. The summed E-state index contributed by atoms with van der Waals surface area (Å²) in [4.78, 5) is 12.7. The lowest BCUT2D eigenvalue weighted by Crippen LogP contribution is -2.37. The topological polar surface area (TPSA) is 111 Å². The van der Waals surface area contributed by atoms with Crippen molar-refractivity contribution < 1.29 is 22.7 Å². The highest BCUT2D eigenvalue weighted by Crippen LogP contribution is 2.39. The number of methoxy groups -OCH3 is 2. The van der Waals surface area contributed by atoms with Gasteiger partial charge in [-0.2, -0.15) is 0 Å². The molecule has 13 heteroatoms. The van der Waals surface area contributed by atoms with Gasteiger partial charge in [-0.25, -0.2) is 8.42 Å². The van der Waals surface area contributed by atoms with E-state index in [9.17, 15) is 13.2 Å². The lowest BCUT2D eigenvalue weighted by molar-refractivity contribution is -0.114. The Morgan fingerprint density at radius 2 is 1.75 bits per heavy atom. The molecule has 0 aliphatic heterocycles. The minimum atomic E-state index is -3.87. The number of hydrogen-bond donors (Lipinski definition) is 1. The van der Waals surface area contributed by atoms with E-state index >= 15 is 0 Å². The summed E-state index contributed by atoms with van der Waals surface area (Å²) < 4.78 is 36.3. The summed E-state index contributed by atoms with van der Waals surface area (Å²) in [5.41, 5.74) is 0.883. The molecule has 1 heterocycles. The van der Waals surface area contributed by atoms with Crippen LogP contribution in [0.4, 0.5) is 10.8 Å². The van der Waals surface area contributed by atoms with E-state index < -0.39 is 22.5 Å². The average Bonchev–Trinajstić information content (AvgIpc) is 3.20. The molecule has 0 aliphatic carbocycles. The fraction of sp³-hybridized carbons (Fsp3) is 0.211. The number of sulfonamides is 1. The molecule has 0 unspecified atom stereocenters. The second kappa shape index (κ2) is 9.90. The molecule has 0 bridgehead atoms. The van der Waals surface area contributed by atoms with Crippen LogP contribution in [0.3, 0.4) is 0 Å². The van der Waals surface area contributed by atoms with Crippen LogP contribution in [0, 0.1) is 0 Å². The average molecular weight is 517 g/mol. The molecular formula is C19H18Cl2N4O5S2. The van der Waals surface area contributed by atoms with Crippen molar-refractivity contribution in [2.75, 3.05) is 36.6 Å². The number of anilines is 2. The molecule has 0 fully saturated rings. The molecule has 32 heavy (non-hydrogen) atoms. The third-order valence-corrected chi connectivity index (χ3v) is 6.73. The van der Waals surface area contributed by atoms with E-state index in [1.807, 2.05) is 0 Å². The molecule has 0 aliphatic rings. The van der Waals surface area contributed by atoms with Crippen LogP contribution in [0.5, 0.6) is 11.5 Å². The van der Waals surface area contributed by atoms with E-state index in [-0.39, 0.29) is 27.3 Å². The first-order chi connectivity index (χ1) is 15.1. The summed E-state index contributed by atoms with van der Waals surface area (Å²) in [5.74, 6) is -0.228.